The molecule has 3 aromatic rings. The van der Waals surface area contributed by atoms with Crippen LogP contribution in [0.15, 0.2) is 35.2 Å². The van der Waals surface area contributed by atoms with E-state index >= 15 is 0 Å². The van der Waals surface area contributed by atoms with Crippen LogP contribution < -0.4 is 0 Å². The molecule has 0 aliphatic carbocycles. The average Bonchev–Trinajstić information content (AvgIpc) is 2.61. The zero-order chi connectivity index (χ0) is 9.54. The summed E-state index contributed by atoms with van der Waals surface area (Å²) in [6.45, 7) is 0. The van der Waals surface area contributed by atoms with Crippen LogP contribution in [0.25, 0.3) is 16.4 Å². The van der Waals surface area contributed by atoms with Gasteiger partial charge in [-0.25, -0.2) is 0 Å². The largest absolute Gasteiger partial charge is 0.221 e. The molecule has 0 saturated heterocycles. The first kappa shape index (κ1) is 7.87. The number of hydrogen-bond donors (Lipinski definition) is 0. The molecule has 0 spiro atoms. The average molecular weight is 249 g/mol. The lowest BCUT2D eigenvalue weighted by Gasteiger charge is -1.97. The van der Waals surface area contributed by atoms with Crippen molar-refractivity contribution in [3.05, 3.63) is 35.2 Å². The highest BCUT2D eigenvalue weighted by Crippen LogP contribution is 2.18. The third kappa shape index (κ3) is 0.957. The summed E-state index contributed by atoms with van der Waals surface area (Å²) in [5.74, 6) is 0. The molecule has 5 heteroatoms. The van der Waals surface area contributed by atoms with Gasteiger partial charge >= 0.3 is 0 Å². The molecular weight excluding hydrogens is 244 g/mol. The highest BCUT2D eigenvalue weighted by atomic mass is 79.9. The monoisotopic (exact) mass is 248 g/mol. The molecule has 0 saturated carbocycles. The third-order valence-electron chi connectivity index (χ3n) is 2.12. The van der Waals surface area contributed by atoms with Crippen LogP contribution in [0.3, 0.4) is 0 Å². The minimum Gasteiger partial charge on any atom is -0.186 e. The van der Waals surface area contributed by atoms with Gasteiger partial charge in [-0.1, -0.05) is 24.3 Å². The van der Waals surface area contributed by atoms with Crippen molar-refractivity contribution in [2.75, 3.05) is 0 Å². The molecule has 0 unspecified atom stereocenters. The number of hydrogen-bond acceptors (Lipinski definition) is 3. The maximum atomic E-state index is 4.21. The van der Waals surface area contributed by atoms with Crippen LogP contribution in [-0.2, 0) is 0 Å². The summed E-state index contributed by atoms with van der Waals surface area (Å²) in [6, 6.07) is 7.97. The zero-order valence-corrected chi connectivity index (χ0v) is 8.64. The predicted molar refractivity (Wildman–Crippen MR) is 56.0 cm³/mol. The summed E-state index contributed by atoms with van der Waals surface area (Å²) < 4.78 is 2.29. The van der Waals surface area contributed by atoms with Gasteiger partial charge in [0.2, 0.25) is 4.73 Å². The van der Waals surface area contributed by atoms with E-state index in [9.17, 15) is 0 Å². The minimum atomic E-state index is 0.623. The fourth-order valence-electron chi connectivity index (χ4n) is 1.46. The topological polar surface area (TPSA) is 43.1 Å². The Morgan fingerprint density at radius 2 is 2.00 bits per heavy atom. The Kier molecular flexibility index (Phi) is 1.55. The van der Waals surface area contributed by atoms with Gasteiger partial charge in [-0.15, -0.1) is 10.2 Å². The zero-order valence-electron chi connectivity index (χ0n) is 7.05. The van der Waals surface area contributed by atoms with Gasteiger partial charge in [0.25, 0.3) is 0 Å². The van der Waals surface area contributed by atoms with Crippen LogP contribution in [-0.4, -0.2) is 19.8 Å². The van der Waals surface area contributed by atoms with E-state index in [2.05, 4.69) is 31.2 Å². The summed E-state index contributed by atoms with van der Waals surface area (Å²) >= 11 is 3.28. The Morgan fingerprint density at radius 3 is 2.93 bits per heavy atom. The van der Waals surface area contributed by atoms with Crippen molar-refractivity contribution in [1.29, 1.82) is 0 Å². The van der Waals surface area contributed by atoms with Crippen molar-refractivity contribution >= 4 is 32.3 Å². The molecule has 4 nitrogen and oxygen atoms in total. The van der Waals surface area contributed by atoms with E-state index in [0.717, 1.165) is 16.4 Å². The van der Waals surface area contributed by atoms with Gasteiger partial charge in [0.15, 0.2) is 5.65 Å². The molecule has 0 N–H and O–H groups in total. The first-order valence-electron chi connectivity index (χ1n) is 4.11. The quantitative estimate of drug-likeness (QED) is 0.612. The molecule has 0 aliphatic heterocycles. The van der Waals surface area contributed by atoms with E-state index in [-0.39, 0.29) is 0 Å². The lowest BCUT2D eigenvalue weighted by Crippen LogP contribution is -1.91. The summed E-state index contributed by atoms with van der Waals surface area (Å²) in [6.07, 6.45) is 1.80. The highest BCUT2D eigenvalue weighted by Gasteiger charge is 2.06. The molecule has 3 rings (SSSR count). The van der Waals surface area contributed by atoms with Crippen LogP contribution >= 0.6 is 15.9 Å². The van der Waals surface area contributed by atoms with E-state index in [1.807, 2.05) is 24.3 Å². The molecule has 1 aromatic carbocycles. The van der Waals surface area contributed by atoms with Gasteiger partial charge in [0.1, 0.15) is 0 Å². The van der Waals surface area contributed by atoms with Gasteiger partial charge in [0, 0.05) is 10.8 Å². The molecule has 0 fully saturated rings. The van der Waals surface area contributed by atoms with Gasteiger partial charge < -0.3 is 0 Å². The Hall–Kier alpha value is -1.49. The fourth-order valence-corrected chi connectivity index (χ4v) is 1.80. The number of rotatable bonds is 0. The second-order valence-corrected chi connectivity index (χ2v) is 3.65. The first-order valence-corrected chi connectivity index (χ1v) is 4.90. The van der Waals surface area contributed by atoms with E-state index in [1.54, 1.807) is 10.7 Å². The maximum absolute atomic E-state index is 4.21. The second kappa shape index (κ2) is 2.75. The lowest BCUT2D eigenvalue weighted by atomic mass is 10.2. The van der Waals surface area contributed by atoms with Gasteiger partial charge in [0.05, 0.1) is 6.20 Å². The van der Waals surface area contributed by atoms with Gasteiger partial charge in [-0.3, -0.25) is 0 Å². The number of fused-ring (bicyclic) bond motifs is 3. The van der Waals surface area contributed by atoms with Crippen molar-refractivity contribution in [3.8, 4) is 0 Å². The van der Waals surface area contributed by atoms with Crippen molar-refractivity contribution in [2.24, 2.45) is 0 Å². The summed E-state index contributed by atoms with van der Waals surface area (Å²) in [4.78, 5) is 0. The van der Waals surface area contributed by atoms with E-state index in [4.69, 9.17) is 0 Å². The molecule has 68 valence electrons. The summed E-state index contributed by atoms with van der Waals surface area (Å²) in [5, 5.41) is 14.3. The number of halogens is 1. The molecule has 14 heavy (non-hydrogen) atoms. The number of nitrogens with zero attached hydrogens (tertiary/aromatic N) is 4. The van der Waals surface area contributed by atoms with Crippen LogP contribution in [0.1, 0.15) is 0 Å². The van der Waals surface area contributed by atoms with Crippen LogP contribution in [0.4, 0.5) is 0 Å². The minimum absolute atomic E-state index is 0.623. The van der Waals surface area contributed by atoms with Crippen LogP contribution in [0, 0.1) is 0 Å². The van der Waals surface area contributed by atoms with E-state index in [0.29, 0.717) is 4.73 Å². The van der Waals surface area contributed by atoms with E-state index < -0.39 is 0 Å². The molecule has 0 radical (unpaired) electrons. The Labute approximate surface area is 87.7 Å². The normalized spacial score (nSPS) is 11.2. The summed E-state index contributed by atoms with van der Waals surface area (Å²) in [5.41, 5.74) is 0.773. The van der Waals surface area contributed by atoms with Crippen molar-refractivity contribution in [2.45, 2.75) is 0 Å². The van der Waals surface area contributed by atoms with Gasteiger partial charge in [-0.2, -0.15) is 9.61 Å². The molecule has 0 atom stereocenters. The lowest BCUT2D eigenvalue weighted by molar-refractivity contribution is 0.905. The number of aromatic nitrogens is 4. The highest BCUT2D eigenvalue weighted by molar-refractivity contribution is 9.10. The Morgan fingerprint density at radius 1 is 1.14 bits per heavy atom. The molecule has 0 bridgehead atoms. The smallest absolute Gasteiger partial charge is 0.186 e. The van der Waals surface area contributed by atoms with Crippen molar-refractivity contribution < 1.29 is 0 Å². The van der Waals surface area contributed by atoms with Crippen molar-refractivity contribution in [3.63, 3.8) is 0 Å². The summed E-state index contributed by atoms with van der Waals surface area (Å²) in [7, 11) is 0. The van der Waals surface area contributed by atoms with Crippen molar-refractivity contribution in [1.82, 2.24) is 19.8 Å². The molecule has 2 aromatic heterocycles. The van der Waals surface area contributed by atoms with Crippen LogP contribution in [0.2, 0.25) is 0 Å². The molecule has 2 heterocycles. The molecular formula is C9H5BrN4. The van der Waals surface area contributed by atoms with Crippen LogP contribution in [0.5, 0.6) is 0 Å². The first-order chi connectivity index (χ1) is 6.86. The number of benzene rings is 1. The second-order valence-electron chi connectivity index (χ2n) is 2.94. The molecule has 0 aliphatic rings. The maximum Gasteiger partial charge on any atom is 0.221 e. The van der Waals surface area contributed by atoms with Gasteiger partial charge in [-0.05, 0) is 15.9 Å². The predicted octanol–water partition coefficient (Wildman–Crippen LogP) is 2.04. The fraction of sp³-hybridized carbons (Fsp3) is 0. The van der Waals surface area contributed by atoms with E-state index in [1.165, 1.54) is 0 Å². The Bertz CT molecular complexity index is 616. The standard InChI is InChI=1S/C9H5BrN4/c10-9-13-12-8-7-4-2-1-3-6(7)5-11-14(8)9/h1-5H. The third-order valence-corrected chi connectivity index (χ3v) is 2.61. The Balaban J connectivity index is 2.61. The molecule has 0 amide bonds. The SMILES string of the molecule is Brc1nnc2c3ccccc3cnn12.